The average molecular weight is 663 g/mol. The number of benzene rings is 1. The Hall–Kier alpha value is -2.15. The van der Waals surface area contributed by atoms with Crippen LogP contribution in [0.25, 0.3) is 0 Å². The van der Waals surface area contributed by atoms with E-state index in [4.69, 9.17) is 0 Å². The van der Waals surface area contributed by atoms with Crippen LogP contribution in [0.2, 0.25) is 0 Å². The SMILES string of the molecule is O=C(O)c1ccccc1C12CC3(C(F)(F)F)CC(C(F)(F)F)(C1)CC(C14CC5CC(C(F)(F)F)(CC(C(F)(F)F)(C5)C1)C4)(C2)C3. The zero-order valence-electron chi connectivity index (χ0n) is 23.8. The summed E-state index contributed by atoms with van der Waals surface area (Å²) in [6.07, 6.45) is -31.5. The summed E-state index contributed by atoms with van der Waals surface area (Å²) in [5.41, 5.74) is -19.2. The molecule has 2 nitrogen and oxygen atoms in total. The minimum atomic E-state index is -5.29. The van der Waals surface area contributed by atoms with Gasteiger partial charge in [-0.25, -0.2) is 4.79 Å². The molecule has 8 fully saturated rings. The molecule has 0 aromatic heterocycles. The lowest BCUT2D eigenvalue weighted by Crippen LogP contribution is -2.75. The van der Waals surface area contributed by atoms with E-state index in [-0.39, 0.29) is 12.0 Å². The van der Waals surface area contributed by atoms with Crippen LogP contribution in [-0.4, -0.2) is 35.8 Å². The van der Waals surface area contributed by atoms with E-state index in [1.807, 2.05) is 0 Å². The molecular formula is C31H30F12O2. The Morgan fingerprint density at radius 3 is 1.42 bits per heavy atom. The first-order chi connectivity index (χ1) is 20.3. The van der Waals surface area contributed by atoms with Gasteiger partial charge in [-0.05, 0) is 111 Å². The second-order valence-electron chi connectivity index (χ2n) is 15.9. The summed E-state index contributed by atoms with van der Waals surface area (Å²) in [7, 11) is 0. The monoisotopic (exact) mass is 662 g/mol. The Balaban J connectivity index is 1.53. The lowest BCUT2D eigenvalue weighted by Gasteiger charge is -2.78. The number of aromatic carboxylic acids is 1. The van der Waals surface area contributed by atoms with Crippen molar-refractivity contribution in [2.24, 2.45) is 38.4 Å². The Bertz CT molecular complexity index is 1390. The summed E-state index contributed by atoms with van der Waals surface area (Å²) in [5, 5.41) is 9.96. The molecule has 8 saturated carbocycles. The summed E-state index contributed by atoms with van der Waals surface area (Å²) in [4.78, 5) is 12.3. The van der Waals surface area contributed by atoms with Crippen molar-refractivity contribution < 1.29 is 62.6 Å². The zero-order valence-corrected chi connectivity index (χ0v) is 23.8. The fraction of sp³-hybridized carbons (Fsp3) is 0.774. The van der Waals surface area contributed by atoms with Crippen LogP contribution in [-0.2, 0) is 5.41 Å². The van der Waals surface area contributed by atoms with Crippen LogP contribution < -0.4 is 0 Å². The standard InChI is InChI=1S/C31H30F12O2/c32-28(33,34)23-6-17-5-22(11-23,12-24(7-17,13-23)29(35,36)37)25-8-21(19-4-2-1-3-18(19)20(44)45)9-26(14-25,30(38,39)40)16-27(10-21,15-25)31(41,42)43/h1-4,17H,5-16H2,(H,44,45). The van der Waals surface area contributed by atoms with Crippen LogP contribution in [0, 0.1) is 38.4 Å². The van der Waals surface area contributed by atoms with Crippen LogP contribution >= 0.6 is 0 Å². The van der Waals surface area contributed by atoms with E-state index in [9.17, 15) is 36.2 Å². The molecule has 14 heteroatoms. The van der Waals surface area contributed by atoms with Crippen molar-refractivity contribution in [2.45, 2.75) is 107 Å². The largest absolute Gasteiger partial charge is 0.478 e. The van der Waals surface area contributed by atoms with Gasteiger partial charge >= 0.3 is 30.7 Å². The highest BCUT2D eigenvalue weighted by atomic mass is 19.4. The highest BCUT2D eigenvalue weighted by Gasteiger charge is 2.86. The molecule has 0 aliphatic heterocycles. The number of rotatable bonds is 3. The lowest BCUT2D eigenvalue weighted by molar-refractivity contribution is -0.404. The van der Waals surface area contributed by atoms with Gasteiger partial charge in [-0.3, -0.25) is 0 Å². The van der Waals surface area contributed by atoms with E-state index in [0.717, 1.165) is 12.1 Å². The Kier molecular flexibility index (Phi) is 5.79. The molecule has 0 radical (unpaired) electrons. The van der Waals surface area contributed by atoms with Gasteiger partial charge in [0.25, 0.3) is 0 Å². The van der Waals surface area contributed by atoms with Crippen LogP contribution in [0.15, 0.2) is 24.3 Å². The molecule has 45 heavy (non-hydrogen) atoms. The van der Waals surface area contributed by atoms with Crippen LogP contribution in [0.4, 0.5) is 52.7 Å². The minimum absolute atomic E-state index is 0.274. The van der Waals surface area contributed by atoms with Gasteiger partial charge in [0.15, 0.2) is 0 Å². The van der Waals surface area contributed by atoms with Gasteiger partial charge in [0.2, 0.25) is 0 Å². The molecule has 8 bridgehead atoms. The third-order valence-corrected chi connectivity index (χ3v) is 13.4. The topological polar surface area (TPSA) is 37.3 Å². The minimum Gasteiger partial charge on any atom is -0.478 e. The first-order valence-corrected chi connectivity index (χ1v) is 14.9. The molecule has 8 aliphatic carbocycles. The number of hydrogen-bond acceptors (Lipinski definition) is 1. The fourth-order valence-corrected chi connectivity index (χ4v) is 12.9. The predicted octanol–water partition coefficient (Wildman–Crippen LogP) is 10.2. The molecule has 250 valence electrons. The van der Waals surface area contributed by atoms with E-state index in [1.165, 1.54) is 12.1 Å². The highest BCUT2D eigenvalue weighted by molar-refractivity contribution is 5.90. The highest BCUT2D eigenvalue weighted by Crippen LogP contribution is 2.88. The summed E-state index contributed by atoms with van der Waals surface area (Å²) in [6.45, 7) is 0. The lowest BCUT2D eigenvalue weighted by atomic mass is 9.25. The maximum atomic E-state index is 15.3. The molecule has 0 heterocycles. The summed E-state index contributed by atoms with van der Waals surface area (Å²) >= 11 is 0. The maximum Gasteiger partial charge on any atom is 0.394 e. The van der Waals surface area contributed by atoms with Crippen LogP contribution in [0.1, 0.15) is 93.0 Å². The second-order valence-corrected chi connectivity index (χ2v) is 15.9. The van der Waals surface area contributed by atoms with Gasteiger partial charge < -0.3 is 5.11 Å². The van der Waals surface area contributed by atoms with Crippen molar-refractivity contribution in [1.29, 1.82) is 0 Å². The molecule has 1 N–H and O–H groups in total. The van der Waals surface area contributed by atoms with Crippen molar-refractivity contribution >= 4 is 5.97 Å². The van der Waals surface area contributed by atoms with E-state index in [2.05, 4.69) is 0 Å². The number of carboxylic acids is 1. The molecular weight excluding hydrogens is 632 g/mol. The van der Waals surface area contributed by atoms with Crippen molar-refractivity contribution in [1.82, 2.24) is 0 Å². The van der Waals surface area contributed by atoms with E-state index in [0.29, 0.717) is 0 Å². The number of halogens is 12. The zero-order chi connectivity index (χ0) is 33.1. The van der Waals surface area contributed by atoms with E-state index in [1.54, 1.807) is 0 Å². The average Bonchev–Trinajstić information content (AvgIpc) is 2.85. The number of carbonyl (C=O) groups is 1. The normalized spacial score (nSPS) is 45.7. The molecule has 0 saturated heterocycles. The second kappa shape index (κ2) is 8.28. The van der Waals surface area contributed by atoms with Crippen LogP contribution in [0.5, 0.6) is 0 Å². The van der Waals surface area contributed by atoms with Gasteiger partial charge in [-0.1, -0.05) is 18.2 Å². The van der Waals surface area contributed by atoms with Gasteiger partial charge in [-0.15, -0.1) is 0 Å². The number of hydrogen-bond donors (Lipinski definition) is 1. The first-order valence-electron chi connectivity index (χ1n) is 14.9. The summed E-state index contributed by atoms with van der Waals surface area (Å²) in [5.74, 6) is -2.78. The smallest absolute Gasteiger partial charge is 0.394 e. The van der Waals surface area contributed by atoms with Gasteiger partial charge in [0.1, 0.15) is 0 Å². The van der Waals surface area contributed by atoms with Crippen LogP contribution in [0.3, 0.4) is 0 Å². The summed E-state index contributed by atoms with van der Waals surface area (Å²) in [6, 6.07) is 4.77. The van der Waals surface area contributed by atoms with E-state index >= 15 is 26.3 Å². The van der Waals surface area contributed by atoms with Crippen molar-refractivity contribution in [3.8, 4) is 0 Å². The van der Waals surface area contributed by atoms with E-state index < -0.39 is 151 Å². The Morgan fingerprint density at radius 2 is 0.978 bits per heavy atom. The Labute approximate surface area is 249 Å². The van der Waals surface area contributed by atoms with Crippen molar-refractivity contribution in [3.05, 3.63) is 35.4 Å². The first kappa shape index (κ1) is 31.4. The molecule has 4 unspecified atom stereocenters. The van der Waals surface area contributed by atoms with Gasteiger partial charge in [-0.2, -0.15) is 52.7 Å². The molecule has 0 spiro atoms. The predicted molar refractivity (Wildman–Crippen MR) is 133 cm³/mol. The third-order valence-electron chi connectivity index (χ3n) is 13.4. The molecule has 1 aromatic rings. The number of carboxylic acid groups (broad SMARTS) is 1. The molecule has 9 rings (SSSR count). The quantitative estimate of drug-likeness (QED) is 0.327. The fourth-order valence-electron chi connectivity index (χ4n) is 12.9. The molecule has 1 aromatic carbocycles. The van der Waals surface area contributed by atoms with Gasteiger partial charge in [0.05, 0.1) is 27.2 Å². The molecule has 0 amide bonds. The number of alkyl halides is 12. The van der Waals surface area contributed by atoms with Gasteiger partial charge in [0, 0.05) is 0 Å². The Morgan fingerprint density at radius 1 is 0.556 bits per heavy atom. The molecule has 8 aliphatic rings. The molecule has 4 atom stereocenters. The van der Waals surface area contributed by atoms with Crippen molar-refractivity contribution in [3.63, 3.8) is 0 Å². The maximum absolute atomic E-state index is 15.3. The third kappa shape index (κ3) is 3.77. The van der Waals surface area contributed by atoms with Crippen molar-refractivity contribution in [2.75, 3.05) is 0 Å². The summed E-state index contributed by atoms with van der Waals surface area (Å²) < 4.78 is 181.